The molecule has 0 unspecified atom stereocenters. The lowest BCUT2D eigenvalue weighted by Crippen LogP contribution is -2.49. The first-order valence-electron chi connectivity index (χ1n) is 6.72. The number of hydrogen-bond donors (Lipinski definition) is 2. The number of carbonyl (C=O) groups is 1. The third kappa shape index (κ3) is 5.47. The molecule has 0 saturated carbocycles. The third-order valence-electron chi connectivity index (χ3n) is 3.04. The van der Waals surface area contributed by atoms with Gasteiger partial charge < -0.3 is 10.6 Å². The molecule has 0 aliphatic heterocycles. The largest absolute Gasteiger partial charge is 0.362 e. The minimum absolute atomic E-state index is 0.377. The summed E-state index contributed by atoms with van der Waals surface area (Å²) in [6, 6.07) is 14.0. The molecule has 0 bridgehead atoms. The zero-order valence-corrected chi connectivity index (χ0v) is 15.1. The van der Waals surface area contributed by atoms with Crippen LogP contribution in [0.15, 0.2) is 48.5 Å². The monoisotopic (exact) mass is 390 g/mol. The summed E-state index contributed by atoms with van der Waals surface area (Å²) < 4.78 is -1.73. The lowest BCUT2D eigenvalue weighted by atomic mass is 10.2. The van der Waals surface area contributed by atoms with Gasteiger partial charge >= 0.3 is 0 Å². The first-order valence-corrected chi connectivity index (χ1v) is 8.23. The van der Waals surface area contributed by atoms with E-state index in [1.807, 2.05) is 31.2 Å². The fraction of sp³-hybridized carbons (Fsp3) is 0.188. The molecule has 0 saturated heterocycles. The van der Waals surface area contributed by atoms with Gasteiger partial charge in [-0.15, -0.1) is 0 Å². The number of alkyl halides is 3. The van der Waals surface area contributed by atoms with E-state index < -0.39 is 9.96 Å². The van der Waals surface area contributed by atoms with E-state index in [1.165, 1.54) is 0 Å². The van der Waals surface area contributed by atoms with E-state index in [0.29, 0.717) is 10.6 Å². The van der Waals surface area contributed by atoms with E-state index >= 15 is 0 Å². The predicted molar refractivity (Wildman–Crippen MR) is 97.8 cm³/mol. The summed E-state index contributed by atoms with van der Waals surface area (Å²) in [6.07, 6.45) is -0.905. The molecule has 0 heterocycles. The Morgan fingerprint density at radius 2 is 1.74 bits per heavy atom. The molecule has 1 amide bonds. The van der Waals surface area contributed by atoms with E-state index in [0.717, 1.165) is 11.3 Å². The minimum atomic E-state index is -1.73. The number of aryl methyl sites for hydroxylation is 1. The number of benzene rings is 2. The Kier molecular flexibility index (Phi) is 6.04. The summed E-state index contributed by atoms with van der Waals surface area (Å²) in [7, 11) is 0. The maximum Gasteiger partial charge on any atom is 0.252 e. The van der Waals surface area contributed by atoms with Gasteiger partial charge in [-0.2, -0.15) is 0 Å². The van der Waals surface area contributed by atoms with Gasteiger partial charge in [-0.25, -0.2) is 0 Å². The molecule has 0 aliphatic rings. The second-order valence-electron chi connectivity index (χ2n) is 4.97. The Balaban J connectivity index is 2.16. The Morgan fingerprint density at radius 1 is 1.09 bits per heavy atom. The van der Waals surface area contributed by atoms with E-state index in [1.54, 1.807) is 24.3 Å². The molecule has 3 nitrogen and oxygen atoms in total. The number of amides is 1. The molecule has 2 rings (SSSR count). The summed E-state index contributed by atoms with van der Waals surface area (Å²) in [5.41, 5.74) is 2.19. The number of anilines is 1. The fourth-order valence-corrected chi connectivity index (χ4v) is 2.37. The van der Waals surface area contributed by atoms with Crippen LogP contribution < -0.4 is 10.6 Å². The number of rotatable bonds is 4. The van der Waals surface area contributed by atoms with Crippen LogP contribution in [-0.2, 0) is 0 Å². The van der Waals surface area contributed by atoms with E-state index in [2.05, 4.69) is 10.6 Å². The van der Waals surface area contributed by atoms with Crippen LogP contribution in [0.5, 0.6) is 0 Å². The van der Waals surface area contributed by atoms with Crippen LogP contribution in [0.1, 0.15) is 15.9 Å². The van der Waals surface area contributed by atoms with Gasteiger partial charge in [-0.3, -0.25) is 4.79 Å². The minimum Gasteiger partial charge on any atom is -0.362 e. The number of halogens is 4. The summed E-state index contributed by atoms with van der Waals surface area (Å²) in [5, 5.41) is 6.23. The van der Waals surface area contributed by atoms with Crippen molar-refractivity contribution in [3.8, 4) is 0 Å². The van der Waals surface area contributed by atoms with Crippen LogP contribution in [0.4, 0.5) is 5.69 Å². The molecule has 0 aliphatic carbocycles. The van der Waals surface area contributed by atoms with Crippen LogP contribution in [0, 0.1) is 6.92 Å². The summed E-state index contributed by atoms with van der Waals surface area (Å²) >= 11 is 23.7. The van der Waals surface area contributed by atoms with Crippen molar-refractivity contribution in [1.82, 2.24) is 5.32 Å². The molecule has 2 N–H and O–H groups in total. The lowest BCUT2D eigenvalue weighted by Gasteiger charge is -2.27. The smallest absolute Gasteiger partial charge is 0.252 e. The van der Waals surface area contributed by atoms with E-state index in [9.17, 15) is 4.79 Å². The second-order valence-corrected chi connectivity index (χ2v) is 7.77. The van der Waals surface area contributed by atoms with Crippen molar-refractivity contribution in [3.05, 3.63) is 64.7 Å². The number of hydrogen-bond acceptors (Lipinski definition) is 2. The van der Waals surface area contributed by atoms with Gasteiger partial charge in [0.2, 0.25) is 3.79 Å². The van der Waals surface area contributed by atoms with Gasteiger partial charge in [0.25, 0.3) is 5.91 Å². The van der Waals surface area contributed by atoms with Crippen molar-refractivity contribution in [1.29, 1.82) is 0 Å². The van der Waals surface area contributed by atoms with Gasteiger partial charge in [0.05, 0.1) is 0 Å². The molecular weight excluding hydrogens is 378 g/mol. The predicted octanol–water partition coefficient (Wildman–Crippen LogP) is 5.19. The molecule has 0 fully saturated rings. The molecular formula is C16H14Cl4N2O. The Bertz CT molecular complexity index is 683. The van der Waals surface area contributed by atoms with Gasteiger partial charge in [-0.1, -0.05) is 58.5 Å². The van der Waals surface area contributed by atoms with Gasteiger partial charge in [-0.05, 0) is 48.9 Å². The molecule has 7 heteroatoms. The maximum absolute atomic E-state index is 12.3. The van der Waals surface area contributed by atoms with Crippen molar-refractivity contribution in [2.75, 3.05) is 5.32 Å². The average molecular weight is 392 g/mol. The Hall–Kier alpha value is -1.13. The van der Waals surface area contributed by atoms with Crippen LogP contribution in [0.25, 0.3) is 0 Å². The van der Waals surface area contributed by atoms with Gasteiger partial charge in [0.1, 0.15) is 6.17 Å². The summed E-state index contributed by atoms with van der Waals surface area (Å²) in [5.74, 6) is -0.377. The highest BCUT2D eigenvalue weighted by atomic mass is 35.6. The van der Waals surface area contributed by atoms with Crippen LogP contribution in [0.3, 0.4) is 0 Å². The Morgan fingerprint density at radius 3 is 2.30 bits per heavy atom. The first-order chi connectivity index (χ1) is 10.8. The summed E-state index contributed by atoms with van der Waals surface area (Å²) in [4.78, 5) is 12.3. The normalized spacial score (nSPS) is 12.6. The number of carbonyl (C=O) groups excluding carboxylic acids is 1. The molecule has 0 spiro atoms. The highest BCUT2D eigenvalue weighted by Crippen LogP contribution is 2.31. The van der Waals surface area contributed by atoms with Gasteiger partial charge in [0, 0.05) is 16.3 Å². The average Bonchev–Trinajstić information content (AvgIpc) is 2.46. The molecule has 1 atom stereocenters. The molecule has 122 valence electrons. The maximum atomic E-state index is 12.3. The molecule has 23 heavy (non-hydrogen) atoms. The molecule has 0 aromatic heterocycles. The van der Waals surface area contributed by atoms with Crippen molar-refractivity contribution in [2.45, 2.75) is 16.9 Å². The van der Waals surface area contributed by atoms with Crippen LogP contribution in [-0.4, -0.2) is 15.9 Å². The van der Waals surface area contributed by atoms with Crippen molar-refractivity contribution in [2.24, 2.45) is 0 Å². The summed E-state index contributed by atoms with van der Waals surface area (Å²) in [6.45, 7) is 1.95. The highest BCUT2D eigenvalue weighted by molar-refractivity contribution is 6.68. The van der Waals surface area contributed by atoms with Gasteiger partial charge in [0.15, 0.2) is 0 Å². The first kappa shape index (κ1) is 18.2. The van der Waals surface area contributed by atoms with Crippen LogP contribution in [0.2, 0.25) is 5.02 Å². The fourth-order valence-electron chi connectivity index (χ4n) is 1.92. The SMILES string of the molecule is Cc1cccc(N[C@@H](NC(=O)c2ccc(Cl)cc2)C(Cl)(Cl)Cl)c1. The van der Waals surface area contributed by atoms with Crippen molar-refractivity contribution < 1.29 is 4.79 Å². The molecule has 0 radical (unpaired) electrons. The Labute approximate surface area is 154 Å². The van der Waals surface area contributed by atoms with Crippen molar-refractivity contribution >= 4 is 58.0 Å². The zero-order valence-electron chi connectivity index (χ0n) is 12.1. The zero-order chi connectivity index (χ0) is 17.0. The quantitative estimate of drug-likeness (QED) is 0.556. The lowest BCUT2D eigenvalue weighted by molar-refractivity contribution is 0.0942. The number of nitrogens with one attached hydrogen (secondary N) is 2. The molecule has 2 aromatic carbocycles. The molecule has 2 aromatic rings. The van der Waals surface area contributed by atoms with Crippen LogP contribution >= 0.6 is 46.4 Å². The highest BCUT2D eigenvalue weighted by Gasteiger charge is 2.34. The topological polar surface area (TPSA) is 41.1 Å². The van der Waals surface area contributed by atoms with E-state index in [-0.39, 0.29) is 5.91 Å². The second kappa shape index (κ2) is 7.63. The standard InChI is InChI=1S/C16H14Cl4N2O/c1-10-3-2-4-13(9-10)21-15(16(18,19)20)22-14(23)11-5-7-12(17)8-6-11/h2-9,15,21H,1H3,(H,22,23)/t15-/m0/s1. The van der Waals surface area contributed by atoms with Crippen molar-refractivity contribution in [3.63, 3.8) is 0 Å². The third-order valence-corrected chi connectivity index (χ3v) is 3.94. The van der Waals surface area contributed by atoms with E-state index in [4.69, 9.17) is 46.4 Å².